The maximum absolute atomic E-state index is 13.1. The summed E-state index contributed by atoms with van der Waals surface area (Å²) in [5.41, 5.74) is 3.74. The third-order valence-electron chi connectivity index (χ3n) is 5.46. The highest BCUT2D eigenvalue weighted by atomic mass is 16.5. The van der Waals surface area contributed by atoms with E-state index in [0.29, 0.717) is 25.4 Å². The lowest BCUT2D eigenvalue weighted by molar-refractivity contribution is -0.117. The third-order valence-corrected chi connectivity index (χ3v) is 5.46. The van der Waals surface area contributed by atoms with Gasteiger partial charge in [0.25, 0.3) is 5.91 Å². The molecule has 0 spiro atoms. The predicted octanol–water partition coefficient (Wildman–Crippen LogP) is 4.50. The van der Waals surface area contributed by atoms with Crippen LogP contribution in [0.15, 0.2) is 47.1 Å². The van der Waals surface area contributed by atoms with Crippen molar-refractivity contribution >= 4 is 17.6 Å². The number of furan rings is 1. The number of carbonyl (C=O) groups excluding carboxylic acids is 2. The second-order valence-corrected chi connectivity index (χ2v) is 9.47. The van der Waals surface area contributed by atoms with Crippen molar-refractivity contribution in [2.45, 2.75) is 46.5 Å². The number of nitrogens with one attached hydrogen (secondary N) is 1. The molecule has 2 aromatic heterocycles. The van der Waals surface area contributed by atoms with Gasteiger partial charge in [0, 0.05) is 31.7 Å². The van der Waals surface area contributed by atoms with Crippen molar-refractivity contribution in [1.29, 1.82) is 0 Å². The van der Waals surface area contributed by atoms with Crippen LogP contribution in [0.4, 0.5) is 5.82 Å². The molecule has 2 amide bonds. The molecule has 0 unspecified atom stereocenters. The minimum absolute atomic E-state index is 0.119. The van der Waals surface area contributed by atoms with Gasteiger partial charge in [0.1, 0.15) is 12.4 Å². The van der Waals surface area contributed by atoms with Gasteiger partial charge in [0.05, 0.1) is 17.6 Å². The molecular weight excluding hydrogens is 432 g/mol. The zero-order chi connectivity index (χ0) is 24.9. The zero-order valence-corrected chi connectivity index (χ0v) is 20.8. The first-order valence-electron chi connectivity index (χ1n) is 11.4. The van der Waals surface area contributed by atoms with Crippen LogP contribution in [0.5, 0.6) is 0 Å². The second kappa shape index (κ2) is 10.7. The van der Waals surface area contributed by atoms with Gasteiger partial charge in [-0.25, -0.2) is 4.68 Å². The number of anilines is 1. The molecule has 8 nitrogen and oxygen atoms in total. The maximum Gasteiger partial charge on any atom is 0.290 e. The molecule has 0 atom stereocenters. The van der Waals surface area contributed by atoms with Crippen molar-refractivity contribution in [2.24, 2.45) is 0 Å². The average Bonchev–Trinajstić information content (AvgIpc) is 3.43. The molecule has 0 radical (unpaired) electrons. The van der Waals surface area contributed by atoms with E-state index in [2.05, 4.69) is 32.2 Å². The van der Waals surface area contributed by atoms with Crippen LogP contribution in [0.2, 0.25) is 0 Å². The van der Waals surface area contributed by atoms with Crippen LogP contribution in [0.3, 0.4) is 0 Å². The van der Waals surface area contributed by atoms with E-state index in [9.17, 15) is 9.59 Å². The first-order chi connectivity index (χ1) is 16.1. The number of aromatic nitrogens is 2. The fourth-order valence-corrected chi connectivity index (χ4v) is 3.63. The molecule has 3 aromatic rings. The Morgan fingerprint density at radius 2 is 1.94 bits per heavy atom. The largest absolute Gasteiger partial charge is 0.459 e. The van der Waals surface area contributed by atoms with Crippen LogP contribution >= 0.6 is 0 Å². The summed E-state index contributed by atoms with van der Waals surface area (Å²) in [6.07, 6.45) is 2.04. The molecule has 182 valence electrons. The van der Waals surface area contributed by atoms with E-state index < -0.39 is 0 Å². The molecule has 0 aliphatic heterocycles. The number of hydrogen-bond donors (Lipinski definition) is 1. The van der Waals surface area contributed by atoms with E-state index in [1.807, 2.05) is 32.0 Å². The molecule has 34 heavy (non-hydrogen) atoms. The summed E-state index contributed by atoms with van der Waals surface area (Å²) in [6, 6.07) is 11.2. The van der Waals surface area contributed by atoms with E-state index in [1.165, 1.54) is 11.2 Å². The van der Waals surface area contributed by atoms with Crippen molar-refractivity contribution in [2.75, 3.05) is 32.1 Å². The highest BCUT2D eigenvalue weighted by Gasteiger charge is 2.24. The molecule has 2 heterocycles. The quantitative estimate of drug-likeness (QED) is 0.469. The monoisotopic (exact) mass is 466 g/mol. The lowest BCUT2D eigenvalue weighted by Crippen LogP contribution is -2.39. The SMILES string of the molecule is COCCCN(CC(=O)Nc1cc(C(C)(C)C)nn1-c1ccc(C)cc1C)C(=O)c1ccco1. The number of nitrogens with zero attached hydrogens (tertiary/aromatic N) is 3. The summed E-state index contributed by atoms with van der Waals surface area (Å²) >= 11 is 0. The smallest absolute Gasteiger partial charge is 0.290 e. The summed E-state index contributed by atoms with van der Waals surface area (Å²) in [5.74, 6) is 0.0999. The van der Waals surface area contributed by atoms with E-state index in [1.54, 1.807) is 23.9 Å². The van der Waals surface area contributed by atoms with Gasteiger partial charge in [-0.15, -0.1) is 0 Å². The molecule has 0 fully saturated rings. The Bertz CT molecular complexity index is 1130. The number of aryl methyl sites for hydroxylation is 2. The number of ether oxygens (including phenoxy) is 1. The molecule has 3 rings (SSSR count). The number of carbonyl (C=O) groups is 2. The predicted molar refractivity (Wildman–Crippen MR) is 131 cm³/mol. The maximum atomic E-state index is 13.1. The van der Waals surface area contributed by atoms with Crippen molar-refractivity contribution in [3.8, 4) is 5.69 Å². The molecule has 0 bridgehead atoms. The summed E-state index contributed by atoms with van der Waals surface area (Å²) in [5, 5.41) is 7.77. The van der Waals surface area contributed by atoms with Gasteiger partial charge in [0.15, 0.2) is 5.76 Å². The van der Waals surface area contributed by atoms with Crippen molar-refractivity contribution in [3.63, 3.8) is 0 Å². The Morgan fingerprint density at radius 3 is 2.56 bits per heavy atom. The first kappa shape index (κ1) is 25.2. The highest BCUT2D eigenvalue weighted by Crippen LogP contribution is 2.27. The summed E-state index contributed by atoms with van der Waals surface area (Å²) in [4.78, 5) is 27.5. The van der Waals surface area contributed by atoms with E-state index >= 15 is 0 Å². The number of hydrogen-bond acceptors (Lipinski definition) is 5. The Morgan fingerprint density at radius 1 is 1.18 bits per heavy atom. The van der Waals surface area contributed by atoms with Gasteiger partial charge >= 0.3 is 0 Å². The van der Waals surface area contributed by atoms with Gasteiger partial charge < -0.3 is 19.4 Å². The van der Waals surface area contributed by atoms with Crippen LogP contribution in [0, 0.1) is 13.8 Å². The number of benzene rings is 1. The van der Waals surface area contributed by atoms with Crippen LogP contribution in [0.25, 0.3) is 5.69 Å². The minimum atomic E-state index is -0.338. The van der Waals surface area contributed by atoms with Crippen LogP contribution in [-0.2, 0) is 14.9 Å². The van der Waals surface area contributed by atoms with Gasteiger partial charge in [-0.2, -0.15) is 5.10 Å². The van der Waals surface area contributed by atoms with Crippen LogP contribution in [-0.4, -0.2) is 53.3 Å². The van der Waals surface area contributed by atoms with Crippen molar-refractivity contribution in [3.05, 3.63) is 65.2 Å². The van der Waals surface area contributed by atoms with E-state index in [0.717, 1.165) is 22.5 Å². The summed E-state index contributed by atoms with van der Waals surface area (Å²) < 4.78 is 12.1. The van der Waals surface area contributed by atoms with Crippen LogP contribution < -0.4 is 5.32 Å². The number of methoxy groups -OCH3 is 1. The molecule has 1 aromatic carbocycles. The standard InChI is InChI=1S/C26H34N4O4/c1-18-10-11-20(19(2)15-18)30-23(16-22(28-30)26(3,4)5)27-24(31)17-29(12-8-13-33-6)25(32)21-9-7-14-34-21/h7,9-11,14-16H,8,12-13,17H2,1-6H3,(H,27,31). The summed E-state index contributed by atoms with van der Waals surface area (Å²) in [7, 11) is 1.60. The van der Waals surface area contributed by atoms with Crippen molar-refractivity contribution < 1.29 is 18.7 Å². The van der Waals surface area contributed by atoms with Crippen molar-refractivity contribution in [1.82, 2.24) is 14.7 Å². The van der Waals surface area contributed by atoms with Gasteiger partial charge in [-0.3, -0.25) is 9.59 Å². The Kier molecular flexibility index (Phi) is 7.94. The van der Waals surface area contributed by atoms with E-state index in [-0.39, 0.29) is 29.5 Å². The normalized spacial score (nSPS) is 11.5. The molecule has 0 aliphatic rings. The lowest BCUT2D eigenvalue weighted by atomic mass is 9.92. The van der Waals surface area contributed by atoms with Gasteiger partial charge in [-0.1, -0.05) is 38.5 Å². The molecule has 0 saturated carbocycles. The Balaban J connectivity index is 1.86. The van der Waals surface area contributed by atoms with Gasteiger partial charge in [-0.05, 0) is 44.0 Å². The summed E-state index contributed by atoms with van der Waals surface area (Å²) in [6.45, 7) is 11.0. The lowest BCUT2D eigenvalue weighted by Gasteiger charge is -2.21. The Hall–Kier alpha value is -3.39. The first-order valence-corrected chi connectivity index (χ1v) is 11.4. The fourth-order valence-electron chi connectivity index (χ4n) is 3.63. The topological polar surface area (TPSA) is 89.6 Å². The Labute approximate surface area is 200 Å². The molecule has 8 heteroatoms. The van der Waals surface area contributed by atoms with Gasteiger partial charge in [0.2, 0.25) is 5.91 Å². The third kappa shape index (κ3) is 6.14. The molecule has 0 aliphatic carbocycles. The molecular formula is C26H34N4O4. The molecule has 1 N–H and O–H groups in total. The minimum Gasteiger partial charge on any atom is -0.459 e. The zero-order valence-electron chi connectivity index (χ0n) is 20.8. The van der Waals surface area contributed by atoms with E-state index in [4.69, 9.17) is 14.3 Å². The number of amides is 2. The number of rotatable bonds is 9. The highest BCUT2D eigenvalue weighted by molar-refractivity contribution is 5.97. The second-order valence-electron chi connectivity index (χ2n) is 9.47. The molecule has 0 saturated heterocycles. The fraction of sp³-hybridized carbons (Fsp3) is 0.423. The average molecular weight is 467 g/mol. The van der Waals surface area contributed by atoms with Crippen LogP contribution in [0.1, 0.15) is 54.6 Å².